The van der Waals surface area contributed by atoms with Crippen LogP contribution in [-0.2, 0) is 9.59 Å². The summed E-state index contributed by atoms with van der Waals surface area (Å²) in [6, 6.07) is 12.0. The van der Waals surface area contributed by atoms with Crippen LogP contribution in [0.4, 0.5) is 9.18 Å². The SMILES string of the molecule is CC(=O)c1cccc(OCC(=O)NCCN2C(=O)SC(=Cc3ccc(F)cc3)C2=O)c1. The first kappa shape index (κ1) is 22.2. The Labute approximate surface area is 182 Å². The molecule has 160 valence electrons. The Kier molecular flexibility index (Phi) is 7.19. The van der Waals surface area contributed by atoms with Gasteiger partial charge in [-0.05, 0) is 54.6 Å². The summed E-state index contributed by atoms with van der Waals surface area (Å²) in [6.45, 7) is 1.24. The minimum absolute atomic E-state index is 0.0109. The van der Waals surface area contributed by atoms with Crippen LogP contribution in [0.15, 0.2) is 53.4 Å². The molecule has 2 aromatic carbocycles. The van der Waals surface area contributed by atoms with Crippen LogP contribution in [-0.4, -0.2) is 47.4 Å². The molecule has 3 rings (SSSR count). The Morgan fingerprint density at radius 1 is 1.16 bits per heavy atom. The molecule has 2 aromatic rings. The normalized spacial score (nSPS) is 14.8. The first-order chi connectivity index (χ1) is 14.8. The second kappa shape index (κ2) is 10.0. The van der Waals surface area contributed by atoms with E-state index in [9.17, 15) is 23.6 Å². The van der Waals surface area contributed by atoms with Gasteiger partial charge in [0.25, 0.3) is 17.1 Å². The molecule has 0 bridgehead atoms. The number of carbonyl (C=O) groups is 4. The van der Waals surface area contributed by atoms with Crippen molar-refractivity contribution in [2.75, 3.05) is 19.7 Å². The maximum atomic E-state index is 13.0. The fourth-order valence-electron chi connectivity index (χ4n) is 2.72. The number of imide groups is 1. The van der Waals surface area contributed by atoms with Gasteiger partial charge in [0.15, 0.2) is 12.4 Å². The van der Waals surface area contributed by atoms with E-state index in [1.807, 2.05) is 0 Å². The van der Waals surface area contributed by atoms with E-state index >= 15 is 0 Å². The van der Waals surface area contributed by atoms with Gasteiger partial charge in [0.1, 0.15) is 11.6 Å². The number of rotatable bonds is 8. The molecule has 1 fully saturated rings. The summed E-state index contributed by atoms with van der Waals surface area (Å²) < 4.78 is 18.4. The lowest BCUT2D eigenvalue weighted by Gasteiger charge is -2.13. The average Bonchev–Trinajstić information content (AvgIpc) is 3.01. The molecule has 0 aromatic heterocycles. The van der Waals surface area contributed by atoms with Gasteiger partial charge in [0, 0.05) is 18.7 Å². The minimum Gasteiger partial charge on any atom is -0.484 e. The van der Waals surface area contributed by atoms with Crippen molar-refractivity contribution in [3.63, 3.8) is 0 Å². The quantitative estimate of drug-likeness (QED) is 0.498. The summed E-state index contributed by atoms with van der Waals surface area (Å²) in [4.78, 5) is 49.2. The van der Waals surface area contributed by atoms with E-state index in [1.54, 1.807) is 24.3 Å². The highest BCUT2D eigenvalue weighted by molar-refractivity contribution is 8.18. The standard InChI is InChI=1S/C22H19FN2O5S/c1-14(26)16-3-2-4-18(12-16)30-13-20(27)24-9-10-25-21(28)19(31-22(25)29)11-15-5-7-17(23)8-6-15/h2-8,11-12H,9-10,13H2,1H3,(H,24,27). The van der Waals surface area contributed by atoms with Gasteiger partial charge in [-0.1, -0.05) is 24.3 Å². The Bertz CT molecular complexity index is 1050. The smallest absolute Gasteiger partial charge is 0.293 e. The van der Waals surface area contributed by atoms with E-state index in [0.717, 1.165) is 16.7 Å². The lowest BCUT2D eigenvalue weighted by Crippen LogP contribution is -2.38. The number of carbonyl (C=O) groups excluding carboxylic acids is 4. The van der Waals surface area contributed by atoms with Gasteiger partial charge in [-0.15, -0.1) is 0 Å². The second-order valence-corrected chi connectivity index (χ2v) is 7.60. The van der Waals surface area contributed by atoms with Crippen molar-refractivity contribution in [2.24, 2.45) is 0 Å². The van der Waals surface area contributed by atoms with E-state index < -0.39 is 22.9 Å². The monoisotopic (exact) mass is 442 g/mol. The molecule has 1 saturated heterocycles. The number of Topliss-reactive ketones (excluding diaryl/α,β-unsaturated/α-hetero) is 1. The number of ether oxygens (including phenoxy) is 1. The molecular formula is C22H19FN2O5S. The zero-order chi connectivity index (χ0) is 22.4. The third-order valence-electron chi connectivity index (χ3n) is 4.31. The number of ketones is 1. The number of benzene rings is 2. The Morgan fingerprint density at radius 3 is 2.61 bits per heavy atom. The van der Waals surface area contributed by atoms with Gasteiger partial charge >= 0.3 is 0 Å². The Morgan fingerprint density at radius 2 is 1.90 bits per heavy atom. The molecular weight excluding hydrogens is 423 g/mol. The molecule has 0 radical (unpaired) electrons. The molecule has 0 spiro atoms. The highest BCUT2D eigenvalue weighted by Gasteiger charge is 2.34. The van der Waals surface area contributed by atoms with Crippen LogP contribution in [0.25, 0.3) is 6.08 Å². The van der Waals surface area contributed by atoms with Crippen molar-refractivity contribution in [3.8, 4) is 5.75 Å². The van der Waals surface area contributed by atoms with E-state index in [-0.39, 0.29) is 30.4 Å². The number of thioether (sulfide) groups is 1. The summed E-state index contributed by atoms with van der Waals surface area (Å²) >= 11 is 0.791. The van der Waals surface area contributed by atoms with Crippen LogP contribution < -0.4 is 10.1 Å². The van der Waals surface area contributed by atoms with Crippen molar-refractivity contribution in [3.05, 3.63) is 70.4 Å². The van der Waals surface area contributed by atoms with Crippen LogP contribution in [0.2, 0.25) is 0 Å². The molecule has 0 saturated carbocycles. The predicted octanol–water partition coefficient (Wildman–Crippen LogP) is 3.26. The Balaban J connectivity index is 1.47. The lowest BCUT2D eigenvalue weighted by atomic mass is 10.1. The number of hydrogen-bond donors (Lipinski definition) is 1. The third-order valence-corrected chi connectivity index (χ3v) is 5.22. The van der Waals surface area contributed by atoms with Gasteiger partial charge in [-0.25, -0.2) is 4.39 Å². The van der Waals surface area contributed by atoms with Gasteiger partial charge in [0.2, 0.25) is 0 Å². The topological polar surface area (TPSA) is 92.8 Å². The maximum Gasteiger partial charge on any atom is 0.293 e. The fourth-order valence-corrected chi connectivity index (χ4v) is 3.58. The largest absolute Gasteiger partial charge is 0.484 e. The number of halogens is 1. The Hall–Kier alpha value is -3.46. The van der Waals surface area contributed by atoms with Crippen molar-refractivity contribution in [2.45, 2.75) is 6.92 Å². The molecule has 0 aliphatic carbocycles. The fraction of sp³-hybridized carbons (Fsp3) is 0.182. The highest BCUT2D eigenvalue weighted by Crippen LogP contribution is 2.31. The zero-order valence-corrected chi connectivity index (χ0v) is 17.4. The summed E-state index contributed by atoms with van der Waals surface area (Å²) in [5, 5.41) is 2.14. The summed E-state index contributed by atoms with van der Waals surface area (Å²) in [6.07, 6.45) is 1.52. The molecule has 1 aliphatic rings. The third kappa shape index (κ3) is 6.02. The highest BCUT2D eigenvalue weighted by atomic mass is 32.2. The van der Waals surface area contributed by atoms with Gasteiger partial charge in [-0.3, -0.25) is 24.1 Å². The lowest BCUT2D eigenvalue weighted by molar-refractivity contribution is -0.125. The predicted molar refractivity (Wildman–Crippen MR) is 114 cm³/mol. The van der Waals surface area contributed by atoms with Crippen molar-refractivity contribution in [1.82, 2.24) is 10.2 Å². The molecule has 1 N–H and O–H groups in total. The van der Waals surface area contributed by atoms with E-state index in [4.69, 9.17) is 4.74 Å². The first-order valence-electron chi connectivity index (χ1n) is 9.35. The molecule has 3 amide bonds. The van der Waals surface area contributed by atoms with Crippen molar-refractivity contribution in [1.29, 1.82) is 0 Å². The maximum absolute atomic E-state index is 13.0. The number of amides is 3. The van der Waals surface area contributed by atoms with E-state index in [0.29, 0.717) is 16.9 Å². The van der Waals surface area contributed by atoms with Crippen LogP contribution in [0.1, 0.15) is 22.8 Å². The van der Waals surface area contributed by atoms with Crippen LogP contribution in [0.3, 0.4) is 0 Å². The molecule has 7 nitrogen and oxygen atoms in total. The summed E-state index contributed by atoms with van der Waals surface area (Å²) in [5.41, 5.74) is 1.08. The molecule has 31 heavy (non-hydrogen) atoms. The van der Waals surface area contributed by atoms with E-state index in [1.165, 1.54) is 37.3 Å². The first-order valence-corrected chi connectivity index (χ1v) is 10.2. The number of hydrogen-bond acceptors (Lipinski definition) is 6. The van der Waals surface area contributed by atoms with Crippen molar-refractivity contribution >= 4 is 40.7 Å². The number of nitrogens with one attached hydrogen (secondary N) is 1. The molecule has 0 unspecified atom stereocenters. The summed E-state index contributed by atoms with van der Waals surface area (Å²) in [5.74, 6) is -1.01. The van der Waals surface area contributed by atoms with Gasteiger partial charge < -0.3 is 10.1 Å². The average molecular weight is 442 g/mol. The van der Waals surface area contributed by atoms with Gasteiger partial charge in [0.05, 0.1) is 4.91 Å². The molecule has 9 heteroatoms. The van der Waals surface area contributed by atoms with Crippen LogP contribution in [0.5, 0.6) is 5.75 Å². The minimum atomic E-state index is -0.467. The van der Waals surface area contributed by atoms with E-state index in [2.05, 4.69) is 5.32 Å². The van der Waals surface area contributed by atoms with Crippen LogP contribution >= 0.6 is 11.8 Å². The zero-order valence-electron chi connectivity index (χ0n) is 16.6. The molecule has 1 heterocycles. The number of nitrogens with zero attached hydrogens (tertiary/aromatic N) is 1. The van der Waals surface area contributed by atoms with Crippen molar-refractivity contribution < 1.29 is 28.3 Å². The van der Waals surface area contributed by atoms with Crippen LogP contribution in [0, 0.1) is 5.82 Å². The molecule has 1 aliphatic heterocycles. The molecule has 0 atom stereocenters. The second-order valence-electron chi connectivity index (χ2n) is 6.61. The van der Waals surface area contributed by atoms with Gasteiger partial charge in [-0.2, -0.15) is 0 Å². The summed E-state index contributed by atoms with van der Waals surface area (Å²) in [7, 11) is 0.